The third-order valence-electron chi connectivity index (χ3n) is 2.65. The summed E-state index contributed by atoms with van der Waals surface area (Å²) in [6.07, 6.45) is 2.09. The molecule has 0 aromatic rings. The first kappa shape index (κ1) is 14.3. The summed E-state index contributed by atoms with van der Waals surface area (Å²) in [5.74, 6) is -0.696. The zero-order chi connectivity index (χ0) is 12.8. The van der Waals surface area contributed by atoms with Crippen molar-refractivity contribution in [3.8, 4) is 0 Å². The molecule has 6 nitrogen and oxygen atoms in total. The van der Waals surface area contributed by atoms with Gasteiger partial charge in [0.05, 0.1) is 12.1 Å². The number of nitrogens with one attached hydrogen (secondary N) is 2. The van der Waals surface area contributed by atoms with Crippen LogP contribution in [-0.2, 0) is 9.59 Å². The molecule has 1 aliphatic heterocycles. The van der Waals surface area contributed by atoms with Crippen LogP contribution >= 0.6 is 11.8 Å². The molecule has 98 valence electrons. The van der Waals surface area contributed by atoms with Crippen molar-refractivity contribution in [3.63, 3.8) is 0 Å². The van der Waals surface area contributed by atoms with Gasteiger partial charge in [-0.05, 0) is 24.9 Å². The predicted octanol–water partition coefficient (Wildman–Crippen LogP) is -0.968. The monoisotopic (exact) mass is 262 g/mol. The Morgan fingerprint density at radius 2 is 2.29 bits per heavy atom. The SMILES string of the molecule is CSCCC(NC(=O)C1CC(O)CN1)C(=O)O. The van der Waals surface area contributed by atoms with Gasteiger partial charge in [0.15, 0.2) is 0 Å². The Morgan fingerprint density at radius 1 is 1.59 bits per heavy atom. The van der Waals surface area contributed by atoms with Crippen molar-refractivity contribution in [3.05, 3.63) is 0 Å². The Morgan fingerprint density at radius 3 is 2.76 bits per heavy atom. The lowest BCUT2D eigenvalue weighted by molar-refractivity contribution is -0.142. The second kappa shape index (κ2) is 6.83. The van der Waals surface area contributed by atoms with E-state index >= 15 is 0 Å². The topological polar surface area (TPSA) is 98.7 Å². The highest BCUT2D eigenvalue weighted by molar-refractivity contribution is 7.98. The van der Waals surface area contributed by atoms with Crippen molar-refractivity contribution in [2.45, 2.75) is 31.0 Å². The number of hydrogen-bond donors (Lipinski definition) is 4. The number of aliphatic carboxylic acids is 1. The minimum atomic E-state index is -1.02. The summed E-state index contributed by atoms with van der Waals surface area (Å²) in [6, 6.07) is -1.34. The molecule has 4 N–H and O–H groups in total. The number of amides is 1. The van der Waals surface area contributed by atoms with E-state index < -0.39 is 24.2 Å². The first-order chi connectivity index (χ1) is 8.04. The number of aliphatic hydroxyl groups excluding tert-OH is 1. The van der Waals surface area contributed by atoms with Crippen LogP contribution in [0.1, 0.15) is 12.8 Å². The fourth-order valence-electron chi connectivity index (χ4n) is 1.68. The minimum absolute atomic E-state index is 0.334. The molecule has 0 saturated carbocycles. The summed E-state index contributed by atoms with van der Waals surface area (Å²) >= 11 is 1.54. The van der Waals surface area contributed by atoms with Gasteiger partial charge >= 0.3 is 5.97 Å². The number of aliphatic hydroxyl groups is 1. The highest BCUT2D eigenvalue weighted by Gasteiger charge is 2.30. The van der Waals surface area contributed by atoms with E-state index in [-0.39, 0.29) is 5.91 Å². The van der Waals surface area contributed by atoms with Crippen LogP contribution < -0.4 is 10.6 Å². The lowest BCUT2D eigenvalue weighted by Crippen LogP contribution is -2.48. The molecular weight excluding hydrogens is 244 g/mol. The van der Waals surface area contributed by atoms with Crippen molar-refractivity contribution < 1.29 is 19.8 Å². The third-order valence-corrected chi connectivity index (χ3v) is 3.29. The molecular formula is C10H18N2O4S. The summed E-state index contributed by atoms with van der Waals surface area (Å²) in [6.45, 7) is 0.376. The van der Waals surface area contributed by atoms with E-state index in [9.17, 15) is 14.7 Å². The van der Waals surface area contributed by atoms with Gasteiger partial charge in [-0.1, -0.05) is 0 Å². The number of carboxylic acid groups (broad SMARTS) is 1. The van der Waals surface area contributed by atoms with Crippen LogP contribution in [0.4, 0.5) is 0 Å². The van der Waals surface area contributed by atoms with Crippen LogP contribution in [0.3, 0.4) is 0 Å². The molecule has 0 radical (unpaired) electrons. The Hall–Kier alpha value is -0.790. The molecule has 1 amide bonds. The maximum atomic E-state index is 11.7. The molecule has 0 aromatic carbocycles. The molecule has 0 spiro atoms. The van der Waals surface area contributed by atoms with Crippen LogP contribution in [0.25, 0.3) is 0 Å². The third kappa shape index (κ3) is 4.53. The highest BCUT2D eigenvalue weighted by Crippen LogP contribution is 2.07. The number of thioether (sulfide) groups is 1. The normalized spacial score (nSPS) is 25.5. The van der Waals surface area contributed by atoms with Crippen molar-refractivity contribution >= 4 is 23.6 Å². The number of carboxylic acids is 1. The van der Waals surface area contributed by atoms with Crippen LogP contribution in [0.15, 0.2) is 0 Å². The van der Waals surface area contributed by atoms with Gasteiger partial charge in [0.25, 0.3) is 0 Å². The maximum absolute atomic E-state index is 11.7. The second-order valence-corrected chi connectivity index (χ2v) is 5.02. The molecule has 1 rings (SSSR count). The van der Waals surface area contributed by atoms with Gasteiger partial charge < -0.3 is 20.8 Å². The smallest absolute Gasteiger partial charge is 0.326 e. The maximum Gasteiger partial charge on any atom is 0.326 e. The fraction of sp³-hybridized carbons (Fsp3) is 0.800. The van der Waals surface area contributed by atoms with Crippen LogP contribution in [-0.4, -0.2) is 58.8 Å². The van der Waals surface area contributed by atoms with E-state index in [0.29, 0.717) is 25.1 Å². The first-order valence-electron chi connectivity index (χ1n) is 5.48. The number of rotatable bonds is 6. The molecule has 0 bridgehead atoms. The zero-order valence-electron chi connectivity index (χ0n) is 9.68. The number of carbonyl (C=O) groups excluding carboxylic acids is 1. The molecule has 1 heterocycles. The Bertz CT molecular complexity index is 287. The largest absolute Gasteiger partial charge is 0.480 e. The average molecular weight is 262 g/mol. The van der Waals surface area contributed by atoms with Gasteiger partial charge in [-0.15, -0.1) is 0 Å². The van der Waals surface area contributed by atoms with E-state index in [1.807, 2.05) is 6.26 Å². The first-order valence-corrected chi connectivity index (χ1v) is 6.87. The molecule has 17 heavy (non-hydrogen) atoms. The predicted molar refractivity (Wildman–Crippen MR) is 65.0 cm³/mol. The fourth-order valence-corrected chi connectivity index (χ4v) is 2.15. The average Bonchev–Trinajstić information content (AvgIpc) is 2.70. The zero-order valence-corrected chi connectivity index (χ0v) is 10.5. The molecule has 7 heteroatoms. The second-order valence-electron chi connectivity index (χ2n) is 4.03. The summed E-state index contributed by atoms with van der Waals surface area (Å²) < 4.78 is 0. The number of β-amino-alcohol motifs (C(OH)–C–C–N with tert-alkyl or cyclic N) is 1. The van der Waals surface area contributed by atoms with Crippen LogP contribution in [0.5, 0.6) is 0 Å². The van der Waals surface area contributed by atoms with Gasteiger partial charge in [0.1, 0.15) is 6.04 Å². The van der Waals surface area contributed by atoms with Crippen molar-refractivity contribution in [2.24, 2.45) is 0 Å². The van der Waals surface area contributed by atoms with Gasteiger partial charge in [0, 0.05) is 6.54 Å². The standard InChI is InChI=1S/C10H18N2O4S/c1-17-3-2-7(10(15)16)12-9(14)8-4-6(13)5-11-8/h6-8,11,13H,2-5H2,1H3,(H,12,14)(H,15,16). The molecule has 1 fully saturated rings. The van der Waals surface area contributed by atoms with E-state index in [4.69, 9.17) is 5.11 Å². The molecule has 0 aliphatic carbocycles. The quantitative estimate of drug-likeness (QED) is 0.492. The molecule has 3 unspecified atom stereocenters. The molecule has 0 aromatic heterocycles. The van der Waals surface area contributed by atoms with Gasteiger partial charge in [-0.2, -0.15) is 11.8 Å². The van der Waals surface area contributed by atoms with Gasteiger partial charge in [0.2, 0.25) is 5.91 Å². The van der Waals surface area contributed by atoms with E-state index in [0.717, 1.165) is 0 Å². The lowest BCUT2D eigenvalue weighted by Gasteiger charge is -2.17. The number of hydrogen-bond acceptors (Lipinski definition) is 5. The molecule has 3 atom stereocenters. The Balaban J connectivity index is 2.43. The summed E-state index contributed by atoms with van der Waals surface area (Å²) in [4.78, 5) is 22.6. The molecule has 1 saturated heterocycles. The van der Waals surface area contributed by atoms with Crippen molar-refractivity contribution in [1.82, 2.24) is 10.6 Å². The van der Waals surface area contributed by atoms with Crippen molar-refractivity contribution in [2.75, 3.05) is 18.6 Å². The lowest BCUT2D eigenvalue weighted by atomic mass is 10.1. The van der Waals surface area contributed by atoms with Crippen molar-refractivity contribution in [1.29, 1.82) is 0 Å². The Labute approximate surface area is 104 Å². The van der Waals surface area contributed by atoms with Gasteiger partial charge in [-0.25, -0.2) is 4.79 Å². The van der Waals surface area contributed by atoms with Crippen LogP contribution in [0, 0.1) is 0 Å². The summed E-state index contributed by atoms with van der Waals surface area (Å²) in [5, 5.41) is 23.6. The summed E-state index contributed by atoms with van der Waals surface area (Å²) in [7, 11) is 0. The minimum Gasteiger partial charge on any atom is -0.480 e. The molecule has 1 aliphatic rings. The highest BCUT2D eigenvalue weighted by atomic mass is 32.2. The van der Waals surface area contributed by atoms with E-state index in [1.165, 1.54) is 11.8 Å². The van der Waals surface area contributed by atoms with Gasteiger partial charge in [-0.3, -0.25) is 4.79 Å². The van der Waals surface area contributed by atoms with Crippen LogP contribution in [0.2, 0.25) is 0 Å². The van der Waals surface area contributed by atoms with E-state index in [2.05, 4.69) is 10.6 Å². The van der Waals surface area contributed by atoms with E-state index in [1.54, 1.807) is 0 Å². The Kier molecular flexibility index (Phi) is 5.73. The summed E-state index contributed by atoms with van der Waals surface area (Å²) in [5.41, 5.74) is 0. The number of carbonyl (C=O) groups is 2.